The molecule has 0 bridgehead atoms. The maximum Gasteiger partial charge on any atom is 0.282 e. The lowest BCUT2D eigenvalue weighted by molar-refractivity contribution is 0.613. The van der Waals surface area contributed by atoms with Gasteiger partial charge in [0.25, 0.3) is 5.56 Å². The molecule has 0 saturated carbocycles. The van der Waals surface area contributed by atoms with Crippen LogP contribution in [0.15, 0.2) is 87.3 Å². The molecule has 0 aliphatic heterocycles. The number of nitrogens with zero attached hydrogens (tertiary/aromatic N) is 5. The zero-order chi connectivity index (χ0) is 25.2. The van der Waals surface area contributed by atoms with Crippen LogP contribution < -0.4 is 5.56 Å². The molecule has 0 fully saturated rings. The maximum atomic E-state index is 13.5. The van der Waals surface area contributed by atoms with Crippen molar-refractivity contribution in [1.82, 2.24) is 14.2 Å². The van der Waals surface area contributed by atoms with Gasteiger partial charge in [-0.25, -0.2) is 4.98 Å². The Morgan fingerprint density at radius 1 is 1.11 bits per heavy atom. The van der Waals surface area contributed by atoms with Gasteiger partial charge in [0.2, 0.25) is 0 Å². The molecule has 5 rings (SSSR count). The zero-order valence-electron chi connectivity index (χ0n) is 20.0. The van der Waals surface area contributed by atoms with E-state index in [2.05, 4.69) is 45.5 Å². The second-order valence-corrected chi connectivity index (χ2v) is 9.72. The molecule has 0 saturated heterocycles. The second-order valence-electron chi connectivity index (χ2n) is 8.80. The molecule has 0 radical (unpaired) electrons. The summed E-state index contributed by atoms with van der Waals surface area (Å²) in [7, 11) is 0. The van der Waals surface area contributed by atoms with E-state index >= 15 is 0 Å². The van der Waals surface area contributed by atoms with Crippen LogP contribution in [0.3, 0.4) is 0 Å². The summed E-state index contributed by atoms with van der Waals surface area (Å²) in [5.41, 5.74) is 3.99. The molecule has 0 spiro atoms. The molecule has 5 aromatic rings. The number of fused-ring (bicyclic) bond motifs is 2. The number of hydrogen-bond donors (Lipinski definition) is 0. The topological polar surface area (TPSA) is 76.0 Å². The van der Waals surface area contributed by atoms with Crippen molar-refractivity contribution in [2.75, 3.05) is 0 Å². The zero-order valence-corrected chi connectivity index (χ0v) is 21.6. The number of nitriles is 1. The van der Waals surface area contributed by atoms with E-state index in [4.69, 9.17) is 4.98 Å². The Balaban J connectivity index is 1.63. The Labute approximate surface area is 217 Å². The predicted molar refractivity (Wildman–Crippen MR) is 148 cm³/mol. The molecule has 3 aromatic carbocycles. The minimum absolute atomic E-state index is 0.0618. The van der Waals surface area contributed by atoms with Crippen LogP contribution in [0.4, 0.5) is 0 Å². The Morgan fingerprint density at radius 2 is 1.89 bits per heavy atom. The molecule has 0 aliphatic carbocycles. The van der Waals surface area contributed by atoms with Gasteiger partial charge in [-0.05, 0) is 42.3 Å². The molecule has 36 heavy (non-hydrogen) atoms. The Kier molecular flexibility index (Phi) is 6.53. The fourth-order valence-corrected chi connectivity index (χ4v) is 4.72. The molecule has 0 amide bonds. The third kappa shape index (κ3) is 4.36. The monoisotopic (exact) mass is 537 g/mol. The molecule has 0 N–H and O–H groups in total. The van der Waals surface area contributed by atoms with E-state index in [1.54, 1.807) is 12.3 Å². The molecule has 7 heteroatoms. The molecule has 2 heterocycles. The van der Waals surface area contributed by atoms with Gasteiger partial charge in [0.1, 0.15) is 5.82 Å². The van der Waals surface area contributed by atoms with Gasteiger partial charge in [-0.2, -0.15) is 15.0 Å². The fraction of sp³-hybridized carbons (Fsp3) is 0.172. The lowest BCUT2D eigenvalue weighted by atomic mass is 10.1. The number of para-hydroxylation sites is 1. The van der Waals surface area contributed by atoms with Crippen molar-refractivity contribution < 1.29 is 0 Å². The first-order valence-electron chi connectivity index (χ1n) is 11.8. The fourth-order valence-electron chi connectivity index (χ4n) is 4.36. The van der Waals surface area contributed by atoms with E-state index in [-0.39, 0.29) is 11.5 Å². The normalized spacial score (nSPS) is 12.4. The average Bonchev–Trinajstić information content (AvgIpc) is 3.25. The van der Waals surface area contributed by atoms with Crippen LogP contribution in [0.25, 0.3) is 21.8 Å². The maximum absolute atomic E-state index is 13.5. The van der Waals surface area contributed by atoms with Crippen LogP contribution in [0.5, 0.6) is 0 Å². The van der Waals surface area contributed by atoms with E-state index in [9.17, 15) is 10.1 Å². The van der Waals surface area contributed by atoms with Gasteiger partial charge in [-0.3, -0.25) is 4.79 Å². The number of aromatic nitrogens is 3. The van der Waals surface area contributed by atoms with Crippen molar-refractivity contribution in [2.24, 2.45) is 5.10 Å². The highest BCUT2D eigenvalue weighted by molar-refractivity contribution is 9.10. The van der Waals surface area contributed by atoms with Crippen LogP contribution in [0.2, 0.25) is 0 Å². The summed E-state index contributed by atoms with van der Waals surface area (Å²) in [5, 5.41) is 15.7. The smallest absolute Gasteiger partial charge is 0.282 e. The average molecular weight is 538 g/mol. The Hall–Kier alpha value is -4.02. The summed E-state index contributed by atoms with van der Waals surface area (Å²) in [4.78, 5) is 18.3. The molecular formula is C29H24BrN5O. The molecular weight excluding hydrogens is 514 g/mol. The number of rotatable bonds is 6. The standard InChI is InChI=1S/C29H24BrN5O/c1-3-19(2)28-33-26-13-12-23(30)14-25(26)29(36)35(28)32-16-22-18-34(27-11-7-6-10-24(22)27)17-21-9-5-4-8-20(21)15-31/h4-14,16,18-19H,3,17H2,1-2H3/t19-/m0/s1. The second kappa shape index (κ2) is 9.92. The summed E-state index contributed by atoms with van der Waals surface area (Å²) < 4.78 is 4.36. The quantitative estimate of drug-likeness (QED) is 0.234. The first kappa shape index (κ1) is 23.7. The van der Waals surface area contributed by atoms with Crippen LogP contribution >= 0.6 is 15.9 Å². The Bertz CT molecular complexity index is 1720. The molecule has 1 atom stereocenters. The first-order chi connectivity index (χ1) is 17.5. The van der Waals surface area contributed by atoms with Crippen molar-refractivity contribution in [2.45, 2.75) is 32.7 Å². The highest BCUT2D eigenvalue weighted by Crippen LogP contribution is 2.24. The molecule has 0 aliphatic rings. The lowest BCUT2D eigenvalue weighted by Crippen LogP contribution is -2.23. The Morgan fingerprint density at radius 3 is 2.69 bits per heavy atom. The van der Waals surface area contributed by atoms with E-state index in [0.29, 0.717) is 28.8 Å². The number of benzene rings is 3. The van der Waals surface area contributed by atoms with E-state index in [0.717, 1.165) is 32.9 Å². The van der Waals surface area contributed by atoms with Crippen molar-refractivity contribution >= 4 is 44.0 Å². The van der Waals surface area contributed by atoms with Gasteiger partial charge in [0.15, 0.2) is 0 Å². The summed E-state index contributed by atoms with van der Waals surface area (Å²) in [6.45, 7) is 4.68. The summed E-state index contributed by atoms with van der Waals surface area (Å²) >= 11 is 3.46. The highest BCUT2D eigenvalue weighted by atomic mass is 79.9. The van der Waals surface area contributed by atoms with Gasteiger partial charge >= 0.3 is 0 Å². The van der Waals surface area contributed by atoms with Crippen LogP contribution in [-0.4, -0.2) is 20.4 Å². The van der Waals surface area contributed by atoms with Gasteiger partial charge in [0, 0.05) is 39.6 Å². The number of halogens is 1. The minimum atomic E-state index is -0.195. The van der Waals surface area contributed by atoms with Crippen molar-refractivity contribution in [1.29, 1.82) is 5.26 Å². The number of hydrogen-bond acceptors (Lipinski definition) is 4. The lowest BCUT2D eigenvalue weighted by Gasteiger charge is -2.13. The van der Waals surface area contributed by atoms with Crippen LogP contribution in [0.1, 0.15) is 48.7 Å². The molecule has 6 nitrogen and oxygen atoms in total. The molecule has 0 unspecified atom stereocenters. The third-order valence-corrected chi connectivity index (χ3v) is 6.99. The summed E-state index contributed by atoms with van der Waals surface area (Å²) in [6.07, 6.45) is 4.58. The third-order valence-electron chi connectivity index (χ3n) is 6.50. The molecule has 178 valence electrons. The van der Waals surface area contributed by atoms with Gasteiger partial charge in [-0.15, -0.1) is 0 Å². The van der Waals surface area contributed by atoms with Crippen molar-refractivity contribution in [3.05, 3.63) is 110 Å². The van der Waals surface area contributed by atoms with Crippen molar-refractivity contribution in [3.8, 4) is 6.07 Å². The van der Waals surface area contributed by atoms with Gasteiger partial charge < -0.3 is 4.57 Å². The largest absolute Gasteiger partial charge is 0.342 e. The minimum Gasteiger partial charge on any atom is -0.342 e. The highest BCUT2D eigenvalue weighted by Gasteiger charge is 2.16. The summed E-state index contributed by atoms with van der Waals surface area (Å²) in [5.74, 6) is 0.701. The van der Waals surface area contributed by atoms with Crippen LogP contribution in [-0.2, 0) is 6.54 Å². The van der Waals surface area contributed by atoms with Gasteiger partial charge in [-0.1, -0.05) is 66.2 Å². The van der Waals surface area contributed by atoms with E-state index < -0.39 is 0 Å². The molecule has 2 aromatic heterocycles. The van der Waals surface area contributed by atoms with Crippen molar-refractivity contribution in [3.63, 3.8) is 0 Å². The SMILES string of the molecule is CC[C@H](C)c1nc2ccc(Br)cc2c(=O)n1N=Cc1cn(Cc2ccccc2C#N)c2ccccc12. The van der Waals surface area contributed by atoms with Gasteiger partial charge in [0.05, 0.1) is 28.8 Å². The first-order valence-corrected chi connectivity index (χ1v) is 12.6. The van der Waals surface area contributed by atoms with E-state index in [1.807, 2.05) is 66.9 Å². The van der Waals surface area contributed by atoms with E-state index in [1.165, 1.54) is 4.68 Å². The summed E-state index contributed by atoms with van der Waals surface area (Å²) in [6, 6.07) is 23.5. The van der Waals surface area contributed by atoms with Crippen LogP contribution in [0, 0.1) is 11.3 Å². The predicted octanol–water partition coefficient (Wildman–Crippen LogP) is 6.43.